The number of aromatic carboxylic acids is 1. The van der Waals surface area contributed by atoms with Crippen molar-refractivity contribution < 1.29 is 14.7 Å². The monoisotopic (exact) mass is 515 g/mol. The van der Waals surface area contributed by atoms with Crippen molar-refractivity contribution in [1.29, 1.82) is 0 Å². The Hall–Kier alpha value is -0.673. The summed E-state index contributed by atoms with van der Waals surface area (Å²) < 4.78 is 0. The minimum atomic E-state index is -0.936. The molecule has 0 amide bonds. The van der Waals surface area contributed by atoms with Gasteiger partial charge in [0.2, 0.25) is 0 Å². The molecule has 0 saturated carbocycles. The molecule has 1 N–H and O–H groups in total. The minimum absolute atomic E-state index is 0.166. The molecule has 1 aromatic heterocycles. The van der Waals surface area contributed by atoms with Gasteiger partial charge in [0.1, 0.15) is 0 Å². The number of nitrogens with zero attached hydrogens (tertiary/aromatic N) is 1. The fourth-order valence-electron chi connectivity index (χ4n) is 1.83. The van der Waals surface area contributed by atoms with Gasteiger partial charge in [0.15, 0.2) is 0 Å². The molecule has 2 rings (SSSR count). The number of carboxylic acids is 1. The van der Waals surface area contributed by atoms with Crippen LogP contribution in [-0.2, 0) is 0 Å². The average Bonchev–Trinajstić information content (AvgIpc) is 2.55. The van der Waals surface area contributed by atoms with Gasteiger partial charge >= 0.3 is 172 Å². The van der Waals surface area contributed by atoms with Crippen molar-refractivity contribution in [2.24, 2.45) is 0 Å². The summed E-state index contributed by atoms with van der Waals surface area (Å²) in [6, 6.07) is 11.1. The number of rotatable bonds is 6. The van der Waals surface area contributed by atoms with E-state index in [-0.39, 0.29) is 5.78 Å². The van der Waals surface area contributed by atoms with Crippen LogP contribution in [0.2, 0.25) is 22.8 Å². The van der Waals surface area contributed by atoms with Crippen LogP contribution in [0.5, 0.6) is 0 Å². The van der Waals surface area contributed by atoms with Crippen LogP contribution in [0.3, 0.4) is 0 Å². The summed E-state index contributed by atoms with van der Waals surface area (Å²) in [5, 5.41) is 9.49. The van der Waals surface area contributed by atoms with E-state index in [0.29, 0.717) is 10.6 Å². The van der Waals surface area contributed by atoms with Crippen LogP contribution >= 0.6 is 20.0 Å². The third-order valence-corrected chi connectivity index (χ3v) is 11.5. The van der Waals surface area contributed by atoms with E-state index in [4.69, 9.17) is 5.11 Å². The molecule has 0 bridgehead atoms. The van der Waals surface area contributed by atoms with Crippen molar-refractivity contribution in [3.63, 3.8) is 0 Å². The molecule has 0 aliphatic carbocycles. The van der Waals surface area contributed by atoms with Crippen molar-refractivity contribution >= 4 is 58.8 Å². The van der Waals surface area contributed by atoms with Crippen LogP contribution in [0, 0.1) is 0 Å². The number of carboxylic acid groups (broad SMARTS) is 1. The van der Waals surface area contributed by atoms with Crippen molar-refractivity contribution in [3.8, 4) is 0 Å². The second-order valence-corrected chi connectivity index (χ2v) is 23.4. The van der Waals surface area contributed by atoms with Crippen molar-refractivity contribution in [2.45, 2.75) is 39.7 Å². The molecule has 4 nitrogen and oxygen atoms in total. The number of pyridine rings is 1. The van der Waals surface area contributed by atoms with Crippen LogP contribution < -0.4 is 0 Å². The van der Waals surface area contributed by atoms with E-state index < -0.39 is 33.0 Å². The predicted octanol–water partition coefficient (Wildman–Crippen LogP) is 5.36. The van der Waals surface area contributed by atoms with Gasteiger partial charge in [0, 0.05) is 0 Å². The van der Waals surface area contributed by atoms with Crippen LogP contribution in [0.4, 0.5) is 0 Å². The van der Waals surface area contributed by atoms with E-state index in [1.54, 1.807) is 35.3 Å². The van der Waals surface area contributed by atoms with E-state index in [1.807, 2.05) is 34.3 Å². The third-order valence-electron chi connectivity index (χ3n) is 2.82. The normalized spacial score (nSPS) is 10.4. The van der Waals surface area contributed by atoms with Gasteiger partial charge in [0.25, 0.3) is 0 Å². The molecule has 0 radical (unpaired) electrons. The summed E-state index contributed by atoms with van der Waals surface area (Å²) in [5.74, 6) is -0.731. The van der Waals surface area contributed by atoms with E-state index in [0.717, 1.165) is 10.5 Å². The maximum atomic E-state index is 11.3. The first-order chi connectivity index (χ1) is 12.2. The molecule has 2 aromatic rings. The summed E-state index contributed by atoms with van der Waals surface area (Å²) in [5.41, 5.74) is 10.0. The Bertz CT molecular complexity index is 691. The molecule has 0 aliphatic rings. The molecule has 0 spiro atoms. The summed E-state index contributed by atoms with van der Waals surface area (Å²) in [4.78, 5) is 27.2. The van der Waals surface area contributed by atoms with Crippen molar-refractivity contribution in [1.82, 2.24) is 4.98 Å². The van der Waals surface area contributed by atoms with Gasteiger partial charge in [-0.25, -0.2) is 0 Å². The summed E-state index contributed by atoms with van der Waals surface area (Å²) in [6.45, 7) is 1.63. The topological polar surface area (TPSA) is 67.3 Å². The standard InChI is InChI=1S/C10H13AsOS.C8H10AsNO2S/c1-8(12)9-6-4-5-7-10(9)13-11(2)3;1-9(2)13-7-6(8(11)12)4-3-5-10-7/h4-7H,1-3H3;3-5H,1-2H3,(H,11,12). The van der Waals surface area contributed by atoms with Gasteiger partial charge in [-0.15, -0.1) is 0 Å². The first-order valence-corrected chi connectivity index (χ1v) is 21.4. The van der Waals surface area contributed by atoms with E-state index in [2.05, 4.69) is 27.8 Å². The first-order valence-electron chi connectivity index (χ1n) is 7.71. The molecule has 0 atom stereocenters. The molecule has 1 aromatic carbocycles. The molecule has 1 heterocycles. The zero-order valence-electron chi connectivity index (χ0n) is 15.5. The zero-order valence-corrected chi connectivity index (χ0v) is 20.8. The molecule has 0 fully saturated rings. The number of hydrogen-bond donors (Lipinski definition) is 1. The number of carbonyl (C=O) groups excluding carboxylic acids is 1. The van der Waals surface area contributed by atoms with Crippen LogP contribution in [-0.4, -0.2) is 48.8 Å². The third kappa shape index (κ3) is 8.35. The van der Waals surface area contributed by atoms with Crippen LogP contribution in [0.1, 0.15) is 27.6 Å². The zero-order chi connectivity index (χ0) is 19.7. The Morgan fingerprint density at radius 2 is 1.50 bits per heavy atom. The second kappa shape index (κ2) is 11.9. The second-order valence-electron chi connectivity index (χ2n) is 5.52. The molecular weight excluding hydrogens is 492 g/mol. The number of hydrogen-bond acceptors (Lipinski definition) is 5. The number of Topliss-reactive ketones (excluding diaryl/α,β-unsaturated/α-hetero) is 1. The molecule has 26 heavy (non-hydrogen) atoms. The van der Waals surface area contributed by atoms with Crippen LogP contribution in [0.15, 0.2) is 52.5 Å². The molecular formula is C18H23As2NO3S2. The molecule has 140 valence electrons. The first kappa shape index (κ1) is 23.4. The molecule has 0 aliphatic heterocycles. The Labute approximate surface area is 171 Å². The Balaban J connectivity index is 0.000000260. The maximum absolute atomic E-state index is 11.3. The predicted molar refractivity (Wildman–Crippen MR) is 114 cm³/mol. The summed E-state index contributed by atoms with van der Waals surface area (Å²) >= 11 is -1.70. The number of benzene rings is 1. The van der Waals surface area contributed by atoms with Gasteiger partial charge in [-0.3, -0.25) is 0 Å². The Kier molecular flexibility index (Phi) is 10.7. The molecule has 8 heteroatoms. The van der Waals surface area contributed by atoms with Gasteiger partial charge in [-0.1, -0.05) is 0 Å². The summed E-state index contributed by atoms with van der Waals surface area (Å²) in [7, 11) is 3.49. The van der Waals surface area contributed by atoms with Crippen molar-refractivity contribution in [3.05, 3.63) is 53.7 Å². The molecule has 0 saturated heterocycles. The SMILES string of the molecule is CC(=O)c1ccccc1S[As](C)C.C[As](C)Sc1ncccc1C(=O)O. The van der Waals surface area contributed by atoms with Crippen molar-refractivity contribution in [2.75, 3.05) is 0 Å². The van der Waals surface area contributed by atoms with Gasteiger partial charge < -0.3 is 0 Å². The van der Waals surface area contributed by atoms with Gasteiger partial charge in [-0.05, 0) is 0 Å². The van der Waals surface area contributed by atoms with Crippen LogP contribution in [0.25, 0.3) is 0 Å². The number of carbonyl (C=O) groups is 2. The van der Waals surface area contributed by atoms with Gasteiger partial charge in [0.05, 0.1) is 0 Å². The number of ketones is 1. The summed E-state index contributed by atoms with van der Waals surface area (Å²) in [6.07, 6.45) is 1.63. The van der Waals surface area contributed by atoms with E-state index >= 15 is 0 Å². The average molecular weight is 515 g/mol. The Morgan fingerprint density at radius 1 is 0.923 bits per heavy atom. The number of aromatic nitrogens is 1. The van der Waals surface area contributed by atoms with E-state index in [1.165, 1.54) is 0 Å². The Morgan fingerprint density at radius 3 is 2.04 bits per heavy atom. The fraction of sp³-hybridized carbons (Fsp3) is 0.278. The van der Waals surface area contributed by atoms with E-state index in [9.17, 15) is 9.59 Å². The molecule has 0 unspecified atom stereocenters. The fourth-order valence-corrected chi connectivity index (χ4v) is 9.95. The quantitative estimate of drug-likeness (QED) is 0.413. The van der Waals surface area contributed by atoms with Gasteiger partial charge in [-0.2, -0.15) is 0 Å².